The molecule has 0 saturated carbocycles. The fraction of sp³-hybridized carbons (Fsp3) is 0.296. The van der Waals surface area contributed by atoms with Crippen molar-refractivity contribution in [1.29, 1.82) is 5.26 Å². The highest BCUT2D eigenvalue weighted by atomic mass is 16.5. The predicted molar refractivity (Wildman–Crippen MR) is 125 cm³/mol. The summed E-state index contributed by atoms with van der Waals surface area (Å²) >= 11 is 0. The molecule has 1 aliphatic heterocycles. The van der Waals surface area contributed by atoms with E-state index in [0.717, 1.165) is 58.8 Å². The van der Waals surface area contributed by atoms with Gasteiger partial charge in [-0.05, 0) is 71.4 Å². The molecular formula is C27H28N2O3. The minimum Gasteiger partial charge on any atom is -0.497 e. The van der Waals surface area contributed by atoms with Crippen LogP contribution in [0.1, 0.15) is 43.2 Å². The number of ether oxygens (including phenoxy) is 3. The van der Waals surface area contributed by atoms with Gasteiger partial charge in [0.25, 0.3) is 0 Å². The van der Waals surface area contributed by atoms with Gasteiger partial charge >= 0.3 is 0 Å². The van der Waals surface area contributed by atoms with E-state index in [1.54, 1.807) is 14.2 Å². The zero-order valence-corrected chi connectivity index (χ0v) is 18.7. The Bertz CT molecular complexity index is 1150. The second kappa shape index (κ2) is 9.23. The highest BCUT2D eigenvalue weighted by molar-refractivity contribution is 5.63. The lowest BCUT2D eigenvalue weighted by atomic mass is 9.73. The van der Waals surface area contributed by atoms with Gasteiger partial charge in [0, 0.05) is 5.92 Å². The minimum atomic E-state index is -0.248. The minimum absolute atomic E-state index is 0.172. The molecule has 2 aromatic carbocycles. The summed E-state index contributed by atoms with van der Waals surface area (Å²) in [5, 5.41) is 9.94. The molecule has 0 aromatic heterocycles. The van der Waals surface area contributed by atoms with Gasteiger partial charge < -0.3 is 19.9 Å². The first kappa shape index (κ1) is 21.6. The van der Waals surface area contributed by atoms with Crippen LogP contribution in [0.2, 0.25) is 0 Å². The van der Waals surface area contributed by atoms with Crippen molar-refractivity contribution in [2.75, 3.05) is 14.2 Å². The van der Waals surface area contributed by atoms with Crippen LogP contribution in [0.3, 0.4) is 0 Å². The van der Waals surface area contributed by atoms with Crippen molar-refractivity contribution in [3.63, 3.8) is 0 Å². The van der Waals surface area contributed by atoms with Crippen molar-refractivity contribution in [2.24, 2.45) is 11.7 Å². The lowest BCUT2D eigenvalue weighted by molar-refractivity contribution is 0.265. The van der Waals surface area contributed by atoms with Crippen LogP contribution in [0.15, 0.2) is 76.9 Å². The van der Waals surface area contributed by atoms with Crippen molar-refractivity contribution in [3.05, 3.63) is 88.0 Å². The van der Waals surface area contributed by atoms with E-state index < -0.39 is 0 Å². The summed E-state index contributed by atoms with van der Waals surface area (Å²) in [6, 6.07) is 18.1. The van der Waals surface area contributed by atoms with E-state index in [1.165, 1.54) is 0 Å². The van der Waals surface area contributed by atoms with E-state index in [0.29, 0.717) is 11.5 Å². The molecule has 2 atom stereocenters. The van der Waals surface area contributed by atoms with Gasteiger partial charge in [-0.1, -0.05) is 37.6 Å². The summed E-state index contributed by atoms with van der Waals surface area (Å²) in [6.45, 7) is 2.21. The molecule has 2 N–H and O–H groups in total. The summed E-state index contributed by atoms with van der Waals surface area (Å²) in [7, 11) is 3.31. The first-order valence-electron chi connectivity index (χ1n) is 10.9. The zero-order valence-electron chi connectivity index (χ0n) is 18.7. The Morgan fingerprint density at radius 1 is 1.09 bits per heavy atom. The molecule has 2 aromatic rings. The highest BCUT2D eigenvalue weighted by Gasteiger charge is 2.38. The lowest BCUT2D eigenvalue weighted by Crippen LogP contribution is -2.26. The Balaban J connectivity index is 1.87. The second-order valence-electron chi connectivity index (χ2n) is 8.18. The molecule has 0 spiro atoms. The third kappa shape index (κ3) is 4.09. The van der Waals surface area contributed by atoms with Gasteiger partial charge in [0.1, 0.15) is 28.9 Å². The van der Waals surface area contributed by atoms with Crippen LogP contribution < -0.4 is 15.2 Å². The van der Waals surface area contributed by atoms with Crippen LogP contribution in [0, 0.1) is 17.2 Å². The highest BCUT2D eigenvalue weighted by Crippen LogP contribution is 2.49. The van der Waals surface area contributed by atoms with Gasteiger partial charge in [0.05, 0.1) is 14.2 Å². The Kier molecular flexibility index (Phi) is 6.23. The molecule has 0 radical (unpaired) electrons. The van der Waals surface area contributed by atoms with Gasteiger partial charge in [-0.25, -0.2) is 0 Å². The molecule has 0 fully saturated rings. The summed E-state index contributed by atoms with van der Waals surface area (Å²) < 4.78 is 16.9. The normalized spacial score (nSPS) is 21.6. The van der Waals surface area contributed by atoms with E-state index in [4.69, 9.17) is 19.9 Å². The molecular weight excluding hydrogens is 400 g/mol. The summed E-state index contributed by atoms with van der Waals surface area (Å²) in [5.41, 5.74) is 11.0. The molecule has 2 aliphatic rings. The molecule has 1 heterocycles. The number of hydrogen-bond acceptors (Lipinski definition) is 5. The molecule has 32 heavy (non-hydrogen) atoms. The van der Waals surface area contributed by atoms with Crippen molar-refractivity contribution in [2.45, 2.75) is 32.1 Å². The maximum atomic E-state index is 9.94. The Hall–Kier alpha value is -3.65. The van der Waals surface area contributed by atoms with E-state index in [1.807, 2.05) is 48.5 Å². The average Bonchev–Trinajstić information content (AvgIpc) is 2.83. The quantitative estimate of drug-likeness (QED) is 0.664. The molecule has 2 unspecified atom stereocenters. The molecule has 4 rings (SSSR count). The smallest absolute Gasteiger partial charge is 0.205 e. The fourth-order valence-electron chi connectivity index (χ4n) is 4.60. The monoisotopic (exact) mass is 428 g/mol. The standard InChI is InChI=1S/C27H28N2O3/c1-4-17-11-20(12-18-7-5-9-21(13-18)30-2)26-23(14-17)25(24(16-28)27(29)32-26)19-8-6-10-22(15-19)31-3/h5-10,12-13,15,17,25H,4,11,14,29H2,1-3H3/b20-12+. The van der Waals surface area contributed by atoms with Crippen molar-refractivity contribution in [3.8, 4) is 17.6 Å². The Morgan fingerprint density at radius 3 is 2.50 bits per heavy atom. The number of allylic oxidation sites excluding steroid dienone is 3. The Morgan fingerprint density at radius 2 is 1.81 bits per heavy atom. The first-order valence-corrected chi connectivity index (χ1v) is 10.9. The number of hydrogen-bond donors (Lipinski definition) is 1. The number of nitriles is 1. The predicted octanol–water partition coefficient (Wildman–Crippen LogP) is 5.67. The lowest BCUT2D eigenvalue weighted by Gasteiger charge is -2.36. The van der Waals surface area contributed by atoms with Gasteiger partial charge in [0.15, 0.2) is 0 Å². The Labute approximate surface area is 189 Å². The molecule has 0 amide bonds. The van der Waals surface area contributed by atoms with Crippen LogP contribution in [-0.2, 0) is 4.74 Å². The number of methoxy groups -OCH3 is 2. The summed E-state index contributed by atoms with van der Waals surface area (Å²) in [5.74, 6) is 2.74. The van der Waals surface area contributed by atoms with Crippen molar-refractivity contribution < 1.29 is 14.2 Å². The van der Waals surface area contributed by atoms with Crippen LogP contribution in [0.5, 0.6) is 11.5 Å². The fourth-order valence-corrected chi connectivity index (χ4v) is 4.60. The second-order valence-corrected chi connectivity index (χ2v) is 8.18. The summed E-state index contributed by atoms with van der Waals surface area (Å²) in [4.78, 5) is 0. The molecule has 5 nitrogen and oxygen atoms in total. The van der Waals surface area contributed by atoms with E-state index in [2.05, 4.69) is 19.1 Å². The van der Waals surface area contributed by atoms with Crippen molar-refractivity contribution in [1.82, 2.24) is 0 Å². The maximum Gasteiger partial charge on any atom is 0.205 e. The SMILES string of the molecule is CCC1CC2=C(OC(N)=C(C#N)C2c2cccc(OC)c2)/C(=C/c2cccc(OC)c2)C1. The average molecular weight is 429 g/mol. The molecule has 1 aliphatic carbocycles. The largest absolute Gasteiger partial charge is 0.497 e. The maximum absolute atomic E-state index is 9.94. The van der Waals surface area contributed by atoms with Gasteiger partial charge in [-0.3, -0.25) is 0 Å². The van der Waals surface area contributed by atoms with Gasteiger partial charge in [0.2, 0.25) is 5.88 Å². The number of nitrogens with two attached hydrogens (primary N) is 1. The molecule has 164 valence electrons. The van der Waals surface area contributed by atoms with E-state index in [-0.39, 0.29) is 11.8 Å². The zero-order chi connectivity index (χ0) is 22.7. The number of rotatable bonds is 5. The molecule has 0 bridgehead atoms. The molecule has 5 heteroatoms. The first-order chi connectivity index (χ1) is 15.6. The van der Waals surface area contributed by atoms with Crippen LogP contribution >= 0.6 is 0 Å². The van der Waals surface area contributed by atoms with Crippen LogP contribution in [0.4, 0.5) is 0 Å². The van der Waals surface area contributed by atoms with Gasteiger partial charge in [-0.2, -0.15) is 5.26 Å². The van der Waals surface area contributed by atoms with E-state index >= 15 is 0 Å². The van der Waals surface area contributed by atoms with Crippen LogP contribution in [-0.4, -0.2) is 14.2 Å². The van der Waals surface area contributed by atoms with Crippen LogP contribution in [0.25, 0.3) is 6.08 Å². The van der Waals surface area contributed by atoms with Crippen molar-refractivity contribution >= 4 is 6.08 Å². The topological polar surface area (TPSA) is 77.5 Å². The molecule has 0 saturated heterocycles. The van der Waals surface area contributed by atoms with E-state index in [9.17, 15) is 5.26 Å². The van der Waals surface area contributed by atoms with Gasteiger partial charge in [-0.15, -0.1) is 0 Å². The third-order valence-corrected chi connectivity index (χ3v) is 6.27. The number of nitrogens with zero attached hydrogens (tertiary/aromatic N) is 1. The number of benzene rings is 2. The summed E-state index contributed by atoms with van der Waals surface area (Å²) in [6.07, 6.45) is 4.94. The third-order valence-electron chi connectivity index (χ3n) is 6.27.